The third-order valence-corrected chi connectivity index (χ3v) is 4.48. The van der Waals surface area contributed by atoms with E-state index in [1.807, 2.05) is 0 Å². The van der Waals surface area contributed by atoms with Gasteiger partial charge in [-0.25, -0.2) is 0 Å². The van der Waals surface area contributed by atoms with Crippen LogP contribution in [0.5, 0.6) is 5.75 Å². The number of ether oxygens (including phenoxy) is 1. The molecular weight excluding hydrogens is 401 g/mol. The molecule has 0 saturated carbocycles. The molecule has 0 radical (unpaired) electrons. The van der Waals surface area contributed by atoms with Gasteiger partial charge in [0.15, 0.2) is 6.61 Å². The van der Waals surface area contributed by atoms with E-state index >= 15 is 0 Å². The molecule has 1 aliphatic heterocycles. The van der Waals surface area contributed by atoms with Crippen molar-refractivity contribution in [3.63, 3.8) is 0 Å². The Labute approximate surface area is 170 Å². The Morgan fingerprint density at radius 1 is 0.967 bits per heavy atom. The highest BCUT2D eigenvalue weighted by Crippen LogP contribution is 2.22. The number of halogens is 3. The first-order chi connectivity index (χ1) is 14.2. The van der Waals surface area contributed by atoms with Crippen LogP contribution in [-0.2, 0) is 11.3 Å². The summed E-state index contributed by atoms with van der Waals surface area (Å²) < 4.78 is 41.0. The first-order valence-corrected chi connectivity index (χ1v) is 9.25. The largest absolute Gasteiger partial charge is 0.484 e. The van der Waals surface area contributed by atoms with Crippen molar-refractivity contribution in [2.45, 2.75) is 25.6 Å². The fourth-order valence-electron chi connectivity index (χ4n) is 3.00. The van der Waals surface area contributed by atoms with Gasteiger partial charge in [0, 0.05) is 19.5 Å². The molecule has 0 atom stereocenters. The zero-order valence-electron chi connectivity index (χ0n) is 15.9. The number of rotatable bonds is 8. The van der Waals surface area contributed by atoms with E-state index in [-0.39, 0.29) is 43.0 Å². The van der Waals surface area contributed by atoms with Crippen LogP contribution in [0.2, 0.25) is 0 Å². The molecule has 0 bridgehead atoms. The van der Waals surface area contributed by atoms with Crippen LogP contribution in [0.3, 0.4) is 0 Å². The molecule has 2 aromatic rings. The van der Waals surface area contributed by atoms with Crippen molar-refractivity contribution >= 4 is 17.7 Å². The summed E-state index contributed by atoms with van der Waals surface area (Å²) in [5, 5.41) is 2.69. The zero-order valence-corrected chi connectivity index (χ0v) is 15.9. The van der Waals surface area contributed by atoms with Gasteiger partial charge >= 0.3 is 6.18 Å². The summed E-state index contributed by atoms with van der Waals surface area (Å²) in [6, 6.07) is 12.5. The van der Waals surface area contributed by atoms with Crippen LogP contribution in [0.1, 0.15) is 39.1 Å². The minimum Gasteiger partial charge on any atom is -0.484 e. The van der Waals surface area contributed by atoms with E-state index in [0.29, 0.717) is 23.1 Å². The SMILES string of the molecule is O=C(CCCN1C(=O)c2ccccc2C1=O)NCc1ccc(OCC(F)(F)F)cc1. The van der Waals surface area contributed by atoms with Gasteiger partial charge in [0.05, 0.1) is 11.1 Å². The number of imide groups is 1. The van der Waals surface area contributed by atoms with Crippen molar-refractivity contribution in [3.05, 3.63) is 65.2 Å². The molecule has 3 amide bonds. The number of alkyl halides is 3. The van der Waals surface area contributed by atoms with Gasteiger partial charge in [-0.2, -0.15) is 13.2 Å². The smallest absolute Gasteiger partial charge is 0.422 e. The van der Waals surface area contributed by atoms with E-state index in [9.17, 15) is 27.6 Å². The van der Waals surface area contributed by atoms with E-state index < -0.39 is 12.8 Å². The molecule has 1 aliphatic rings. The van der Waals surface area contributed by atoms with Gasteiger partial charge in [0.2, 0.25) is 5.91 Å². The molecule has 6 nitrogen and oxygen atoms in total. The molecule has 30 heavy (non-hydrogen) atoms. The Morgan fingerprint density at radius 2 is 1.57 bits per heavy atom. The first kappa shape index (κ1) is 21.4. The lowest BCUT2D eigenvalue weighted by atomic mass is 10.1. The molecule has 3 rings (SSSR count). The summed E-state index contributed by atoms with van der Waals surface area (Å²) in [6.45, 7) is -1.02. The molecule has 0 fully saturated rings. The van der Waals surface area contributed by atoms with Crippen molar-refractivity contribution in [2.24, 2.45) is 0 Å². The van der Waals surface area contributed by atoms with E-state index in [1.54, 1.807) is 36.4 Å². The number of carbonyl (C=O) groups is 3. The molecule has 1 heterocycles. The van der Waals surface area contributed by atoms with Crippen LogP contribution in [-0.4, -0.2) is 41.9 Å². The lowest BCUT2D eigenvalue weighted by Gasteiger charge is -2.13. The van der Waals surface area contributed by atoms with Crippen molar-refractivity contribution < 1.29 is 32.3 Å². The normalized spacial score (nSPS) is 13.4. The summed E-state index contributed by atoms with van der Waals surface area (Å²) in [5.41, 5.74) is 1.44. The molecule has 158 valence electrons. The Hall–Kier alpha value is -3.36. The second-order valence-corrected chi connectivity index (χ2v) is 6.74. The van der Waals surface area contributed by atoms with Crippen LogP contribution >= 0.6 is 0 Å². The van der Waals surface area contributed by atoms with Crippen LogP contribution in [0, 0.1) is 0 Å². The summed E-state index contributed by atoms with van der Waals surface area (Å²) in [5.74, 6) is -0.889. The van der Waals surface area contributed by atoms with E-state index in [4.69, 9.17) is 0 Å². The molecule has 0 unspecified atom stereocenters. The third-order valence-electron chi connectivity index (χ3n) is 4.48. The maximum absolute atomic E-state index is 12.3. The minimum absolute atomic E-state index is 0.0864. The molecule has 1 N–H and O–H groups in total. The maximum atomic E-state index is 12.3. The predicted molar refractivity (Wildman–Crippen MR) is 101 cm³/mol. The summed E-state index contributed by atoms with van der Waals surface area (Å²) >= 11 is 0. The molecule has 0 saturated heterocycles. The third kappa shape index (κ3) is 5.37. The van der Waals surface area contributed by atoms with Gasteiger partial charge in [-0.1, -0.05) is 24.3 Å². The number of hydrogen-bond acceptors (Lipinski definition) is 4. The Kier molecular flexibility index (Phi) is 6.39. The number of amides is 3. The molecular formula is C21H19F3N2O4. The highest BCUT2D eigenvalue weighted by atomic mass is 19.4. The number of fused-ring (bicyclic) bond motifs is 1. The Balaban J connectivity index is 1.40. The van der Waals surface area contributed by atoms with Crippen molar-refractivity contribution in [2.75, 3.05) is 13.2 Å². The molecule has 9 heteroatoms. The number of benzene rings is 2. The maximum Gasteiger partial charge on any atom is 0.422 e. The summed E-state index contributed by atoms with van der Waals surface area (Å²) in [6.07, 6.45) is -3.96. The van der Waals surface area contributed by atoms with Gasteiger partial charge < -0.3 is 10.1 Å². The fraction of sp³-hybridized carbons (Fsp3) is 0.286. The molecule has 0 aromatic heterocycles. The Morgan fingerprint density at radius 3 is 2.13 bits per heavy atom. The highest BCUT2D eigenvalue weighted by Gasteiger charge is 2.34. The van der Waals surface area contributed by atoms with Gasteiger partial charge in [0.25, 0.3) is 11.8 Å². The van der Waals surface area contributed by atoms with Crippen molar-refractivity contribution in [1.82, 2.24) is 10.2 Å². The summed E-state index contributed by atoms with van der Waals surface area (Å²) in [7, 11) is 0. The van der Waals surface area contributed by atoms with Gasteiger partial charge in [-0.3, -0.25) is 19.3 Å². The lowest BCUT2D eigenvalue weighted by Crippen LogP contribution is -2.32. The van der Waals surface area contributed by atoms with Crippen molar-refractivity contribution in [3.8, 4) is 5.75 Å². The number of carbonyl (C=O) groups excluding carboxylic acids is 3. The number of nitrogens with zero attached hydrogens (tertiary/aromatic N) is 1. The first-order valence-electron chi connectivity index (χ1n) is 9.25. The van der Waals surface area contributed by atoms with E-state index in [1.165, 1.54) is 12.1 Å². The average Bonchev–Trinajstić information content (AvgIpc) is 2.96. The van der Waals surface area contributed by atoms with Crippen LogP contribution in [0.15, 0.2) is 48.5 Å². The zero-order chi connectivity index (χ0) is 21.7. The van der Waals surface area contributed by atoms with E-state index in [2.05, 4.69) is 10.1 Å². The monoisotopic (exact) mass is 420 g/mol. The predicted octanol–water partition coefficient (Wildman–Crippen LogP) is 3.32. The summed E-state index contributed by atoms with van der Waals surface area (Å²) in [4.78, 5) is 37.6. The standard InChI is InChI=1S/C21H19F3N2O4/c22-21(23,24)13-30-15-9-7-14(8-10-15)12-25-18(27)6-3-11-26-19(28)16-4-1-2-5-17(16)20(26)29/h1-2,4-5,7-10H,3,6,11-13H2,(H,25,27). The number of nitrogens with one attached hydrogen (secondary N) is 1. The van der Waals surface area contributed by atoms with Crippen LogP contribution in [0.4, 0.5) is 13.2 Å². The molecule has 0 spiro atoms. The van der Waals surface area contributed by atoms with Gasteiger partial charge in [0.1, 0.15) is 5.75 Å². The topological polar surface area (TPSA) is 75.7 Å². The van der Waals surface area contributed by atoms with E-state index in [0.717, 1.165) is 4.90 Å². The highest BCUT2D eigenvalue weighted by molar-refractivity contribution is 6.21. The van der Waals surface area contributed by atoms with Crippen molar-refractivity contribution in [1.29, 1.82) is 0 Å². The second kappa shape index (κ2) is 8.98. The molecule has 0 aliphatic carbocycles. The fourth-order valence-corrected chi connectivity index (χ4v) is 3.00. The number of hydrogen-bond donors (Lipinski definition) is 1. The van der Waals surface area contributed by atoms with Gasteiger partial charge in [-0.15, -0.1) is 0 Å². The van der Waals surface area contributed by atoms with Crippen LogP contribution < -0.4 is 10.1 Å². The second-order valence-electron chi connectivity index (χ2n) is 6.74. The quantitative estimate of drug-likeness (QED) is 0.665. The minimum atomic E-state index is -4.40. The van der Waals surface area contributed by atoms with Gasteiger partial charge in [-0.05, 0) is 36.2 Å². The Bertz CT molecular complexity index is 907. The average molecular weight is 420 g/mol. The molecule has 2 aromatic carbocycles. The van der Waals surface area contributed by atoms with Crippen LogP contribution in [0.25, 0.3) is 0 Å². The lowest BCUT2D eigenvalue weighted by molar-refractivity contribution is -0.153.